The Morgan fingerprint density at radius 3 is 2.23 bits per heavy atom. The Morgan fingerprint density at radius 2 is 1.92 bits per heavy atom. The number of rotatable bonds is 1. The summed E-state index contributed by atoms with van der Waals surface area (Å²) in [5, 5.41) is 17.3. The maximum atomic E-state index is 10.3. The quantitative estimate of drug-likeness (QED) is 0.747. The van der Waals surface area contributed by atoms with Gasteiger partial charge in [0.25, 0.3) is 0 Å². The molecule has 13 heavy (non-hydrogen) atoms. The number of benzene rings is 1. The molecule has 0 saturated heterocycles. The Hall–Kier alpha value is -0.575. The molecule has 3 nitrogen and oxygen atoms in total. The van der Waals surface area contributed by atoms with Gasteiger partial charge in [-0.25, -0.2) is 4.79 Å². The van der Waals surface area contributed by atoms with Crippen LogP contribution in [0.2, 0.25) is 3.93 Å². The van der Waals surface area contributed by atoms with Crippen molar-refractivity contribution in [2.45, 2.75) is 10.9 Å². The zero-order valence-electron chi connectivity index (χ0n) is 7.53. The smallest absolute Gasteiger partial charge is 0.339 e. The predicted molar refractivity (Wildman–Crippen MR) is 45.5 cm³/mol. The molecule has 0 aliphatic heterocycles. The van der Waals surface area contributed by atoms with Crippen LogP contribution in [0.25, 0.3) is 0 Å². The fraction of sp³-hybridized carbons (Fsp3) is 0.222. The summed E-state index contributed by atoms with van der Waals surface area (Å²) >= 11 is 1.07. The van der Waals surface area contributed by atoms with Crippen molar-refractivity contribution in [2.24, 2.45) is 0 Å². The average Bonchev–Trinajstić information content (AvgIpc) is 2.06. The van der Waals surface area contributed by atoms with Gasteiger partial charge in [-0.15, -0.1) is 0 Å². The molecule has 0 heterocycles. The van der Waals surface area contributed by atoms with E-state index in [0.717, 1.165) is 26.1 Å². The minimum Gasteiger partial charge on any atom is -0.507 e. The molecule has 0 aliphatic carbocycles. The molecule has 0 aliphatic rings. The van der Waals surface area contributed by atoms with Gasteiger partial charge in [0, 0.05) is 0 Å². The average molecular weight is 368 g/mol. The van der Waals surface area contributed by atoms with Crippen LogP contribution in [0, 0.1) is 0 Å². The van der Waals surface area contributed by atoms with E-state index in [2.05, 4.69) is 6.92 Å². The van der Waals surface area contributed by atoms with Crippen molar-refractivity contribution in [1.29, 1.82) is 0 Å². The SMILES string of the molecule is C[CH2][Hg].O=C(O)c1ccccc1O. The zero-order valence-corrected chi connectivity index (χ0v) is 13.0. The van der Waals surface area contributed by atoms with Crippen molar-refractivity contribution in [3.8, 4) is 5.75 Å². The Balaban J connectivity index is 0.000000424. The summed E-state index contributed by atoms with van der Waals surface area (Å²) < 4.78 is 1.44. The molecule has 1 rings (SSSR count). The van der Waals surface area contributed by atoms with Crippen molar-refractivity contribution in [3.63, 3.8) is 0 Å². The van der Waals surface area contributed by atoms with Crippen LogP contribution in [-0.2, 0) is 26.1 Å². The van der Waals surface area contributed by atoms with E-state index in [1.54, 1.807) is 12.1 Å². The second kappa shape index (κ2) is 6.89. The van der Waals surface area contributed by atoms with Crippen LogP contribution < -0.4 is 0 Å². The number of aromatic carboxylic acids is 1. The van der Waals surface area contributed by atoms with Crippen LogP contribution in [0.4, 0.5) is 0 Å². The maximum absolute atomic E-state index is 10.3. The van der Waals surface area contributed by atoms with Crippen LogP contribution in [0.15, 0.2) is 24.3 Å². The molecule has 4 heteroatoms. The molecular formula is C9H11HgO3. The summed E-state index contributed by atoms with van der Waals surface area (Å²) in [6.07, 6.45) is 0. The Kier molecular flexibility index (Phi) is 6.58. The van der Waals surface area contributed by atoms with Crippen molar-refractivity contribution in [1.82, 2.24) is 0 Å². The molecule has 0 spiro atoms. The largest absolute Gasteiger partial charge is 0.507 e. The topological polar surface area (TPSA) is 57.5 Å². The van der Waals surface area contributed by atoms with Gasteiger partial charge in [0.1, 0.15) is 11.3 Å². The molecule has 1 aromatic carbocycles. The fourth-order valence-electron chi connectivity index (χ4n) is 0.654. The normalized spacial score (nSPS) is 8.54. The van der Waals surface area contributed by atoms with Gasteiger partial charge in [-0.05, 0) is 12.1 Å². The molecule has 67 valence electrons. The summed E-state index contributed by atoms with van der Waals surface area (Å²) in [5.74, 6) is -1.31. The molecule has 0 radical (unpaired) electrons. The first kappa shape index (κ1) is 12.4. The van der Waals surface area contributed by atoms with E-state index in [-0.39, 0.29) is 11.3 Å². The molecule has 2 N–H and O–H groups in total. The van der Waals surface area contributed by atoms with Crippen molar-refractivity contribution >= 4 is 5.97 Å². The molecule has 0 fully saturated rings. The molecule has 0 bridgehead atoms. The first-order chi connectivity index (χ1) is 6.13. The third-order valence-corrected chi connectivity index (χ3v) is 1.13. The summed E-state index contributed by atoms with van der Waals surface area (Å²) in [7, 11) is 0. The first-order valence-corrected chi connectivity index (χ1v) is 7.82. The standard InChI is InChI=1S/C7H6O3.C2H5.Hg/c8-6-4-2-1-3-5(6)7(9)10;1-2;/h1-4,8H,(H,9,10);1H2,2H3;. The second-order valence-electron chi connectivity index (χ2n) is 2.32. The number of carboxylic acids is 1. The van der Waals surface area contributed by atoms with E-state index in [0.29, 0.717) is 0 Å². The summed E-state index contributed by atoms with van der Waals surface area (Å²) in [4.78, 5) is 10.3. The van der Waals surface area contributed by atoms with Crippen LogP contribution in [0.5, 0.6) is 5.75 Å². The van der Waals surface area contributed by atoms with Gasteiger partial charge in [0.05, 0.1) is 0 Å². The van der Waals surface area contributed by atoms with E-state index in [9.17, 15) is 4.79 Å². The summed E-state index contributed by atoms with van der Waals surface area (Å²) in [6, 6.07) is 5.81. The number of carbonyl (C=O) groups is 1. The third-order valence-electron chi connectivity index (χ3n) is 1.13. The minimum atomic E-state index is -1.11. The maximum Gasteiger partial charge on any atom is 0.339 e. The first-order valence-electron chi connectivity index (χ1n) is 3.94. The number of hydrogen-bond donors (Lipinski definition) is 2. The molecule has 0 atom stereocenters. The van der Waals surface area contributed by atoms with Gasteiger partial charge >= 0.3 is 42.9 Å². The van der Waals surface area contributed by atoms with E-state index < -0.39 is 5.97 Å². The van der Waals surface area contributed by atoms with Gasteiger partial charge in [-0.1, -0.05) is 12.1 Å². The number of hydrogen-bond acceptors (Lipinski definition) is 2. The van der Waals surface area contributed by atoms with Gasteiger partial charge in [-0.3, -0.25) is 0 Å². The molecule has 0 saturated carbocycles. The van der Waals surface area contributed by atoms with Gasteiger partial charge in [0.15, 0.2) is 0 Å². The minimum absolute atomic E-state index is 0.0671. The summed E-state index contributed by atoms with van der Waals surface area (Å²) in [5.41, 5.74) is -0.0671. The second-order valence-corrected chi connectivity index (χ2v) is 6.21. The Labute approximate surface area is 93.4 Å². The fourth-order valence-corrected chi connectivity index (χ4v) is 0.654. The van der Waals surface area contributed by atoms with Crippen molar-refractivity contribution < 1.29 is 41.1 Å². The summed E-state index contributed by atoms with van der Waals surface area (Å²) in [6.45, 7) is 2.21. The van der Waals surface area contributed by atoms with E-state index >= 15 is 0 Å². The molecule has 0 aromatic heterocycles. The number of carboxylic acid groups (broad SMARTS) is 1. The van der Waals surface area contributed by atoms with E-state index in [1.807, 2.05) is 0 Å². The monoisotopic (exact) mass is 369 g/mol. The van der Waals surface area contributed by atoms with Crippen molar-refractivity contribution in [2.75, 3.05) is 0 Å². The van der Waals surface area contributed by atoms with Crippen LogP contribution in [0.1, 0.15) is 17.3 Å². The zero-order chi connectivity index (χ0) is 10.3. The van der Waals surface area contributed by atoms with E-state index in [1.165, 1.54) is 16.1 Å². The molecule has 0 amide bonds. The predicted octanol–water partition coefficient (Wildman–Crippen LogP) is 2.06. The third kappa shape index (κ3) is 4.88. The molecule has 1 aromatic rings. The number of para-hydroxylation sites is 1. The van der Waals surface area contributed by atoms with E-state index in [4.69, 9.17) is 10.2 Å². The Bertz CT molecular complexity index is 273. The van der Waals surface area contributed by atoms with Crippen LogP contribution in [-0.4, -0.2) is 16.2 Å². The van der Waals surface area contributed by atoms with Gasteiger partial charge in [0.2, 0.25) is 0 Å². The number of phenols is 1. The molecular weight excluding hydrogens is 357 g/mol. The van der Waals surface area contributed by atoms with Crippen molar-refractivity contribution in [3.05, 3.63) is 29.8 Å². The molecule has 0 unspecified atom stereocenters. The number of aromatic hydroxyl groups is 1. The van der Waals surface area contributed by atoms with Gasteiger partial charge in [-0.2, -0.15) is 0 Å². The Morgan fingerprint density at radius 1 is 1.46 bits per heavy atom. The van der Waals surface area contributed by atoms with Gasteiger partial charge < -0.3 is 10.2 Å². The van der Waals surface area contributed by atoms with Crippen LogP contribution in [0.3, 0.4) is 0 Å². The van der Waals surface area contributed by atoms with Crippen LogP contribution >= 0.6 is 0 Å².